The van der Waals surface area contributed by atoms with Crippen molar-refractivity contribution < 1.29 is 46.1 Å². The van der Waals surface area contributed by atoms with Gasteiger partial charge in [-0.25, -0.2) is 9.59 Å². The molecule has 186 valence electrons. The summed E-state index contributed by atoms with van der Waals surface area (Å²) in [6, 6.07) is 9.65. The normalized spacial score (nSPS) is 10.4. The van der Waals surface area contributed by atoms with Crippen molar-refractivity contribution in [2.75, 3.05) is 0 Å². The minimum absolute atomic E-state index is 0.0813. The quantitative estimate of drug-likeness (QED) is 0.111. The molecule has 0 aliphatic rings. The summed E-state index contributed by atoms with van der Waals surface area (Å²) in [7, 11) is 0. The first-order valence-corrected chi connectivity index (χ1v) is 10.1. The van der Waals surface area contributed by atoms with Gasteiger partial charge in [0.1, 0.15) is 23.0 Å². The fraction of sp³-hybridized carbons (Fsp3) is 0.0769. The predicted octanol–water partition coefficient (Wildman–Crippen LogP) is 6.79. The third-order valence-electron chi connectivity index (χ3n) is 4.39. The molecule has 0 bridgehead atoms. The highest BCUT2D eigenvalue weighted by Gasteiger charge is 2.29. The second kappa shape index (κ2) is 10.8. The number of esters is 2. The van der Waals surface area contributed by atoms with Crippen molar-refractivity contribution in [3.63, 3.8) is 0 Å². The minimum Gasteiger partial charge on any atom is -0.451 e. The van der Waals surface area contributed by atoms with Crippen molar-refractivity contribution in [1.29, 1.82) is 0 Å². The van der Waals surface area contributed by atoms with Crippen molar-refractivity contribution in [1.82, 2.24) is 0 Å². The summed E-state index contributed by atoms with van der Waals surface area (Å²) in [5, 5.41) is 0. The zero-order valence-electron chi connectivity index (χ0n) is 19.0. The second-order valence-corrected chi connectivity index (χ2v) is 7.40. The predicted molar refractivity (Wildman–Crippen MR) is 120 cm³/mol. The number of benzene rings is 3. The van der Waals surface area contributed by atoms with Gasteiger partial charge in [-0.3, -0.25) is 0 Å². The van der Waals surface area contributed by atoms with Crippen LogP contribution in [0, 0.1) is 23.3 Å². The molecule has 0 saturated carbocycles. The molecule has 0 radical (unpaired) electrons. The Balaban J connectivity index is 1.80. The van der Waals surface area contributed by atoms with Crippen molar-refractivity contribution in [3.8, 4) is 34.5 Å². The highest BCUT2D eigenvalue weighted by Crippen LogP contribution is 2.39. The zero-order valence-corrected chi connectivity index (χ0v) is 19.0. The standard InChI is InChI=1S/C26H18F4O6/c1-13(2)25(31)35-17-9-5-15(6-10-17)33-23-19(27)21(29)24(22(30)20(23)28)34-16-7-11-18(12-8-16)36-26(32)14(3)4/h5-12H,1,3H2,2,4H3. The average Bonchev–Trinajstić information content (AvgIpc) is 2.85. The molecule has 0 aliphatic heterocycles. The van der Waals surface area contributed by atoms with Crippen molar-refractivity contribution in [2.24, 2.45) is 0 Å². The van der Waals surface area contributed by atoms with E-state index in [4.69, 9.17) is 18.9 Å². The van der Waals surface area contributed by atoms with Gasteiger partial charge in [-0.1, -0.05) is 13.2 Å². The number of ether oxygens (including phenoxy) is 4. The van der Waals surface area contributed by atoms with Gasteiger partial charge in [-0.05, 0) is 62.4 Å². The molecule has 36 heavy (non-hydrogen) atoms. The first-order chi connectivity index (χ1) is 17.0. The molecule has 0 N–H and O–H groups in total. The largest absolute Gasteiger partial charge is 0.451 e. The van der Waals surface area contributed by atoms with Gasteiger partial charge < -0.3 is 18.9 Å². The highest BCUT2D eigenvalue weighted by molar-refractivity contribution is 5.89. The van der Waals surface area contributed by atoms with Gasteiger partial charge in [0, 0.05) is 11.1 Å². The molecule has 0 amide bonds. The van der Waals surface area contributed by atoms with Crippen LogP contribution >= 0.6 is 0 Å². The number of halogens is 4. The van der Waals surface area contributed by atoms with E-state index in [1.807, 2.05) is 0 Å². The van der Waals surface area contributed by atoms with Crippen LogP contribution in [0.2, 0.25) is 0 Å². The van der Waals surface area contributed by atoms with E-state index in [9.17, 15) is 27.2 Å². The van der Waals surface area contributed by atoms with Gasteiger partial charge in [-0.15, -0.1) is 0 Å². The van der Waals surface area contributed by atoms with Gasteiger partial charge >= 0.3 is 11.9 Å². The van der Waals surface area contributed by atoms with Gasteiger partial charge in [-0.2, -0.15) is 17.6 Å². The van der Waals surface area contributed by atoms with Crippen LogP contribution in [-0.4, -0.2) is 11.9 Å². The smallest absolute Gasteiger partial charge is 0.338 e. The summed E-state index contributed by atoms with van der Waals surface area (Å²) in [6.07, 6.45) is 0. The Labute approximate surface area is 203 Å². The molecule has 0 atom stereocenters. The molecule has 10 heteroatoms. The molecule has 3 aromatic rings. The van der Waals surface area contributed by atoms with Crippen molar-refractivity contribution >= 4 is 11.9 Å². The molecule has 0 aliphatic carbocycles. The summed E-state index contributed by atoms with van der Waals surface area (Å²) in [5.41, 5.74) is 0.296. The van der Waals surface area contributed by atoms with Crippen LogP contribution in [0.5, 0.6) is 34.5 Å². The Morgan fingerprint density at radius 2 is 0.806 bits per heavy atom. The van der Waals surface area contributed by atoms with Crippen LogP contribution in [0.3, 0.4) is 0 Å². The second-order valence-electron chi connectivity index (χ2n) is 7.40. The number of hydrogen-bond acceptors (Lipinski definition) is 6. The maximum absolute atomic E-state index is 14.6. The van der Waals surface area contributed by atoms with Crippen LogP contribution in [0.25, 0.3) is 0 Å². The maximum Gasteiger partial charge on any atom is 0.338 e. The molecule has 0 fully saturated rings. The number of hydrogen-bond donors (Lipinski definition) is 0. The molecule has 0 aromatic heterocycles. The van der Waals surface area contributed by atoms with E-state index < -0.39 is 46.7 Å². The Hall–Kier alpha value is -4.60. The fourth-order valence-corrected chi connectivity index (χ4v) is 2.55. The van der Waals surface area contributed by atoms with Gasteiger partial charge in [0.15, 0.2) is 0 Å². The first-order valence-electron chi connectivity index (χ1n) is 10.1. The van der Waals surface area contributed by atoms with Crippen LogP contribution in [0.4, 0.5) is 17.6 Å². The number of rotatable bonds is 8. The van der Waals surface area contributed by atoms with Gasteiger partial charge in [0.25, 0.3) is 0 Å². The van der Waals surface area contributed by atoms with Crippen molar-refractivity contribution in [2.45, 2.75) is 13.8 Å². The van der Waals surface area contributed by atoms with E-state index in [0.29, 0.717) is 0 Å². The molecule has 6 nitrogen and oxygen atoms in total. The maximum atomic E-state index is 14.6. The summed E-state index contributed by atoms with van der Waals surface area (Å²) in [5.74, 6) is -11.7. The van der Waals surface area contributed by atoms with Gasteiger partial charge in [0.05, 0.1) is 0 Å². The fourth-order valence-electron chi connectivity index (χ4n) is 2.55. The molecule has 0 saturated heterocycles. The van der Waals surface area contributed by atoms with E-state index in [2.05, 4.69) is 13.2 Å². The highest BCUT2D eigenvalue weighted by atomic mass is 19.2. The SMILES string of the molecule is C=C(C)C(=O)Oc1ccc(Oc2c(F)c(F)c(Oc3ccc(OC(=O)C(=C)C)cc3)c(F)c2F)cc1. The van der Waals surface area contributed by atoms with E-state index >= 15 is 0 Å². The summed E-state index contributed by atoms with van der Waals surface area (Å²) < 4.78 is 78.2. The third-order valence-corrected chi connectivity index (χ3v) is 4.39. The van der Waals surface area contributed by atoms with Gasteiger partial charge in [0.2, 0.25) is 34.8 Å². The Morgan fingerprint density at radius 1 is 0.556 bits per heavy atom. The first kappa shape index (κ1) is 26.0. The lowest BCUT2D eigenvalue weighted by Crippen LogP contribution is -2.08. The van der Waals surface area contributed by atoms with E-state index in [1.54, 1.807) is 0 Å². The Kier molecular flexibility index (Phi) is 7.78. The van der Waals surface area contributed by atoms with Crippen molar-refractivity contribution in [3.05, 3.63) is 96.1 Å². The molecule has 0 spiro atoms. The molecular weight excluding hydrogens is 484 g/mol. The van der Waals surface area contributed by atoms with E-state index in [0.717, 1.165) is 0 Å². The topological polar surface area (TPSA) is 71.1 Å². The lowest BCUT2D eigenvalue weighted by atomic mass is 10.2. The van der Waals surface area contributed by atoms with Crippen LogP contribution in [0.15, 0.2) is 72.8 Å². The Bertz CT molecular complexity index is 1210. The number of carbonyl (C=O) groups excluding carboxylic acids is 2. The lowest BCUT2D eigenvalue weighted by Gasteiger charge is -2.14. The summed E-state index contributed by atoms with van der Waals surface area (Å²) >= 11 is 0. The van der Waals surface area contributed by atoms with E-state index in [1.165, 1.54) is 62.4 Å². The minimum atomic E-state index is -1.84. The molecule has 0 heterocycles. The lowest BCUT2D eigenvalue weighted by molar-refractivity contribution is -0.130. The van der Waals surface area contributed by atoms with Crippen LogP contribution < -0.4 is 18.9 Å². The van der Waals surface area contributed by atoms with Crippen LogP contribution in [-0.2, 0) is 9.59 Å². The third kappa shape index (κ3) is 5.90. The zero-order chi connectivity index (χ0) is 26.6. The monoisotopic (exact) mass is 502 g/mol. The summed E-state index contributed by atoms with van der Waals surface area (Å²) in [4.78, 5) is 23.1. The molecule has 0 unspecified atom stereocenters. The average molecular weight is 502 g/mol. The summed E-state index contributed by atoms with van der Waals surface area (Å²) in [6.45, 7) is 9.74. The Morgan fingerprint density at radius 3 is 1.06 bits per heavy atom. The number of carbonyl (C=O) groups is 2. The molecule has 3 rings (SSSR count). The van der Waals surface area contributed by atoms with Crippen LogP contribution in [0.1, 0.15) is 13.8 Å². The molecular formula is C26H18F4O6. The van der Waals surface area contributed by atoms with E-state index in [-0.39, 0.29) is 34.1 Å². The molecule has 3 aromatic carbocycles.